The zero-order valence-corrected chi connectivity index (χ0v) is 14.1. The summed E-state index contributed by atoms with van der Waals surface area (Å²) < 4.78 is 6.23. The van der Waals surface area contributed by atoms with Crippen molar-refractivity contribution >= 4 is 5.97 Å². The third-order valence-electron chi connectivity index (χ3n) is 9.07. The van der Waals surface area contributed by atoms with Gasteiger partial charge in [0.1, 0.15) is 6.10 Å². The monoisotopic (exact) mass is 312 g/mol. The van der Waals surface area contributed by atoms with E-state index in [2.05, 4.69) is 19.1 Å². The first-order valence-corrected chi connectivity index (χ1v) is 10.0. The molecule has 5 fully saturated rings. The van der Waals surface area contributed by atoms with E-state index in [1.807, 2.05) is 0 Å². The molecular formula is C21H28O2. The number of fused-ring (bicyclic) bond motifs is 11. The van der Waals surface area contributed by atoms with Gasteiger partial charge in [-0.2, -0.15) is 0 Å². The Balaban J connectivity index is 1.20. The zero-order valence-electron chi connectivity index (χ0n) is 14.1. The molecule has 6 bridgehead atoms. The fraction of sp³-hybridized carbons (Fsp3) is 0.857. The Kier molecular flexibility index (Phi) is 2.49. The van der Waals surface area contributed by atoms with Crippen LogP contribution in [-0.2, 0) is 9.53 Å². The maximum atomic E-state index is 13.0. The third kappa shape index (κ3) is 1.59. The van der Waals surface area contributed by atoms with Crippen molar-refractivity contribution in [1.29, 1.82) is 0 Å². The van der Waals surface area contributed by atoms with Crippen molar-refractivity contribution in [2.24, 2.45) is 52.8 Å². The van der Waals surface area contributed by atoms with Crippen LogP contribution >= 0.6 is 0 Å². The van der Waals surface area contributed by atoms with Crippen LogP contribution in [-0.4, -0.2) is 12.1 Å². The van der Waals surface area contributed by atoms with Gasteiger partial charge in [-0.1, -0.05) is 12.2 Å². The lowest BCUT2D eigenvalue weighted by molar-refractivity contribution is -0.167. The smallest absolute Gasteiger partial charge is 0.312 e. The molecule has 2 nitrogen and oxygen atoms in total. The molecule has 6 aliphatic rings. The van der Waals surface area contributed by atoms with E-state index in [1.54, 1.807) is 0 Å². The summed E-state index contributed by atoms with van der Waals surface area (Å²) in [5.41, 5.74) is -0.227. The number of esters is 1. The van der Waals surface area contributed by atoms with Crippen LogP contribution in [0.2, 0.25) is 0 Å². The van der Waals surface area contributed by atoms with Crippen LogP contribution in [0.5, 0.6) is 0 Å². The van der Waals surface area contributed by atoms with Crippen molar-refractivity contribution in [1.82, 2.24) is 0 Å². The van der Waals surface area contributed by atoms with Crippen LogP contribution in [0, 0.1) is 52.8 Å². The lowest BCUT2D eigenvalue weighted by Crippen LogP contribution is -2.41. The summed E-state index contributed by atoms with van der Waals surface area (Å²) in [7, 11) is 0. The summed E-state index contributed by atoms with van der Waals surface area (Å²) in [5, 5.41) is 0. The highest BCUT2D eigenvalue weighted by Gasteiger charge is 2.63. The lowest BCUT2D eigenvalue weighted by atomic mass is 9.70. The highest BCUT2D eigenvalue weighted by molar-refractivity contribution is 5.78. The Morgan fingerprint density at radius 2 is 1.83 bits per heavy atom. The van der Waals surface area contributed by atoms with Gasteiger partial charge in [0.25, 0.3) is 0 Å². The van der Waals surface area contributed by atoms with Crippen LogP contribution in [0.3, 0.4) is 0 Å². The minimum absolute atomic E-state index is 0.131. The molecule has 0 aromatic heterocycles. The number of hydrogen-bond donors (Lipinski definition) is 0. The molecular weight excluding hydrogens is 284 g/mol. The molecule has 6 rings (SSSR count). The van der Waals surface area contributed by atoms with E-state index in [4.69, 9.17) is 4.74 Å². The molecule has 6 aliphatic carbocycles. The largest absolute Gasteiger partial charge is 0.462 e. The van der Waals surface area contributed by atoms with Crippen LogP contribution in [0.4, 0.5) is 0 Å². The molecule has 10 atom stereocenters. The first-order chi connectivity index (χ1) is 11.1. The lowest BCUT2D eigenvalue weighted by Gasteiger charge is -2.39. The predicted octanol–water partition coefficient (Wildman–Crippen LogP) is 4.20. The molecule has 0 N–H and O–H groups in total. The second-order valence-electron chi connectivity index (χ2n) is 9.94. The SMILES string of the molecule is CC1(C(=O)OC2CC3CC2C2C4CCC(C4)C32)CC2C=CC1C2. The molecule has 5 saturated carbocycles. The summed E-state index contributed by atoms with van der Waals surface area (Å²) in [4.78, 5) is 13.0. The Labute approximate surface area is 139 Å². The van der Waals surface area contributed by atoms with Gasteiger partial charge in [0.2, 0.25) is 0 Å². The molecule has 0 radical (unpaired) electrons. The highest BCUT2D eigenvalue weighted by atomic mass is 16.5. The van der Waals surface area contributed by atoms with Crippen molar-refractivity contribution < 1.29 is 9.53 Å². The van der Waals surface area contributed by atoms with E-state index >= 15 is 0 Å². The van der Waals surface area contributed by atoms with Gasteiger partial charge in [-0.25, -0.2) is 0 Å². The summed E-state index contributed by atoms with van der Waals surface area (Å²) in [6, 6.07) is 0. The molecule has 23 heavy (non-hydrogen) atoms. The second-order valence-corrected chi connectivity index (χ2v) is 9.94. The minimum Gasteiger partial charge on any atom is -0.462 e. The van der Waals surface area contributed by atoms with Gasteiger partial charge in [-0.3, -0.25) is 4.79 Å². The third-order valence-corrected chi connectivity index (χ3v) is 9.07. The molecule has 0 aromatic rings. The zero-order chi connectivity index (χ0) is 15.3. The van der Waals surface area contributed by atoms with Gasteiger partial charge in [-0.05, 0) is 99.2 Å². The van der Waals surface area contributed by atoms with Gasteiger partial charge < -0.3 is 4.74 Å². The van der Waals surface area contributed by atoms with Gasteiger partial charge in [0.15, 0.2) is 0 Å². The average molecular weight is 312 g/mol. The van der Waals surface area contributed by atoms with E-state index in [0.717, 1.165) is 36.0 Å². The summed E-state index contributed by atoms with van der Waals surface area (Å²) >= 11 is 0. The predicted molar refractivity (Wildman–Crippen MR) is 87.4 cm³/mol. The van der Waals surface area contributed by atoms with Crippen molar-refractivity contribution in [2.75, 3.05) is 0 Å². The molecule has 10 unspecified atom stereocenters. The van der Waals surface area contributed by atoms with E-state index in [1.165, 1.54) is 38.5 Å². The van der Waals surface area contributed by atoms with Gasteiger partial charge in [0.05, 0.1) is 5.41 Å². The van der Waals surface area contributed by atoms with Crippen molar-refractivity contribution in [2.45, 2.75) is 58.0 Å². The number of ether oxygens (including phenoxy) is 1. The summed E-state index contributed by atoms with van der Waals surface area (Å²) in [6.45, 7) is 2.16. The topological polar surface area (TPSA) is 26.3 Å². The van der Waals surface area contributed by atoms with Crippen LogP contribution in [0.15, 0.2) is 12.2 Å². The Morgan fingerprint density at radius 1 is 1.00 bits per heavy atom. The van der Waals surface area contributed by atoms with E-state index < -0.39 is 0 Å². The maximum Gasteiger partial charge on any atom is 0.312 e. The van der Waals surface area contributed by atoms with Gasteiger partial charge in [-0.15, -0.1) is 0 Å². The van der Waals surface area contributed by atoms with Crippen molar-refractivity contribution in [3.05, 3.63) is 12.2 Å². The van der Waals surface area contributed by atoms with E-state index in [-0.39, 0.29) is 17.5 Å². The highest BCUT2D eigenvalue weighted by Crippen LogP contribution is 2.68. The van der Waals surface area contributed by atoms with Crippen LogP contribution in [0.1, 0.15) is 51.9 Å². The van der Waals surface area contributed by atoms with Gasteiger partial charge >= 0.3 is 5.97 Å². The molecule has 0 heterocycles. The first kappa shape index (κ1) is 13.5. The normalized spacial score (nSPS) is 60.7. The number of hydrogen-bond acceptors (Lipinski definition) is 2. The molecule has 124 valence electrons. The summed E-state index contributed by atoms with van der Waals surface area (Å²) in [5.74, 6) is 6.72. The Hall–Kier alpha value is -0.790. The van der Waals surface area contributed by atoms with Crippen LogP contribution < -0.4 is 0 Å². The van der Waals surface area contributed by atoms with Crippen LogP contribution in [0.25, 0.3) is 0 Å². The average Bonchev–Trinajstić information content (AvgIpc) is 3.32. The summed E-state index contributed by atoms with van der Waals surface area (Å²) in [6.07, 6.45) is 14.0. The number of carbonyl (C=O) groups is 1. The fourth-order valence-corrected chi connectivity index (χ4v) is 8.24. The Bertz CT molecular complexity index is 595. The first-order valence-electron chi connectivity index (χ1n) is 10.0. The minimum atomic E-state index is -0.227. The van der Waals surface area contributed by atoms with Crippen molar-refractivity contribution in [3.8, 4) is 0 Å². The Morgan fingerprint density at radius 3 is 2.57 bits per heavy atom. The quantitative estimate of drug-likeness (QED) is 0.434. The molecule has 0 aliphatic heterocycles. The molecule has 0 amide bonds. The fourth-order valence-electron chi connectivity index (χ4n) is 8.24. The second kappa shape index (κ2) is 4.24. The number of carbonyl (C=O) groups excluding carboxylic acids is 1. The molecule has 2 heteroatoms. The molecule has 0 saturated heterocycles. The standard InChI is InChI=1S/C21H28O2/c1-21(10-11-2-5-15(21)6-11)20(22)23-17-9-14-8-16(17)19-13-4-3-12(7-13)18(14)19/h2,5,11-19H,3-4,6-10H2,1H3. The number of rotatable bonds is 2. The molecule has 0 spiro atoms. The maximum absolute atomic E-state index is 13.0. The van der Waals surface area contributed by atoms with E-state index in [0.29, 0.717) is 17.8 Å². The van der Waals surface area contributed by atoms with Crippen molar-refractivity contribution in [3.63, 3.8) is 0 Å². The number of allylic oxidation sites excluding steroid dienone is 2. The van der Waals surface area contributed by atoms with E-state index in [9.17, 15) is 4.79 Å². The molecule has 0 aromatic carbocycles. The van der Waals surface area contributed by atoms with Gasteiger partial charge in [0, 0.05) is 0 Å².